The highest BCUT2D eigenvalue weighted by Gasteiger charge is 2.17. The maximum atomic E-state index is 5.48. The van der Waals surface area contributed by atoms with Crippen molar-refractivity contribution < 1.29 is 14.0 Å². The predicted octanol–water partition coefficient (Wildman–Crippen LogP) is 3.87. The van der Waals surface area contributed by atoms with E-state index < -0.39 is 0 Å². The molecule has 0 aliphatic rings. The fourth-order valence-corrected chi connectivity index (χ4v) is 2.84. The third-order valence-electron chi connectivity index (χ3n) is 3.72. The van der Waals surface area contributed by atoms with Crippen LogP contribution in [0.5, 0.6) is 11.5 Å². The molecule has 0 radical (unpaired) electrons. The van der Waals surface area contributed by atoms with Crippen molar-refractivity contribution in [1.29, 1.82) is 0 Å². The number of rotatable bonds is 9. The van der Waals surface area contributed by atoms with Crippen LogP contribution in [0.15, 0.2) is 22.7 Å². The van der Waals surface area contributed by atoms with Crippen LogP contribution >= 0.6 is 0 Å². The Morgan fingerprint density at radius 2 is 1.72 bits per heavy atom. The van der Waals surface area contributed by atoms with E-state index >= 15 is 0 Å². The molecule has 6 heteroatoms. The van der Waals surface area contributed by atoms with Crippen LogP contribution in [-0.4, -0.2) is 42.3 Å². The molecule has 0 N–H and O–H groups in total. The second kappa shape index (κ2) is 8.85. The molecule has 6 nitrogen and oxygen atoms in total. The normalized spacial score (nSPS) is 11.6. The molecule has 1 heterocycles. The van der Waals surface area contributed by atoms with Crippen molar-refractivity contribution in [3.05, 3.63) is 24.1 Å². The van der Waals surface area contributed by atoms with E-state index in [4.69, 9.17) is 14.0 Å². The maximum Gasteiger partial charge on any atom is 0.241 e. The number of benzene rings is 1. The van der Waals surface area contributed by atoms with Crippen LogP contribution in [-0.2, 0) is 6.54 Å². The van der Waals surface area contributed by atoms with Crippen molar-refractivity contribution in [1.82, 2.24) is 15.0 Å². The van der Waals surface area contributed by atoms with Gasteiger partial charge < -0.3 is 14.0 Å². The van der Waals surface area contributed by atoms with E-state index in [1.807, 2.05) is 18.2 Å². The first kappa shape index (κ1) is 19.2. The molecule has 0 amide bonds. The van der Waals surface area contributed by atoms with Crippen LogP contribution in [0.25, 0.3) is 11.4 Å². The summed E-state index contributed by atoms with van der Waals surface area (Å²) in [6.45, 7) is 11.5. The Labute approximate surface area is 150 Å². The molecule has 0 fully saturated rings. The Bertz CT molecular complexity index is 658. The molecular formula is C19H29N3O3. The zero-order valence-electron chi connectivity index (χ0n) is 16.1. The minimum atomic E-state index is 0.531. The molecule has 138 valence electrons. The van der Waals surface area contributed by atoms with Gasteiger partial charge in [-0.1, -0.05) is 32.9 Å². The standard InChI is InChI=1S/C19H29N3O3/c1-13(2)10-22(11-14(3)4)12-18-20-19(21-25-18)16-8-7-15(23-5)9-17(16)24-6/h7-9,13-14H,10-12H2,1-6H3. The second-order valence-corrected chi connectivity index (χ2v) is 7.06. The van der Waals surface area contributed by atoms with E-state index in [1.54, 1.807) is 14.2 Å². The third-order valence-corrected chi connectivity index (χ3v) is 3.72. The zero-order chi connectivity index (χ0) is 18.4. The van der Waals surface area contributed by atoms with Gasteiger partial charge in [-0.2, -0.15) is 4.98 Å². The molecule has 0 aliphatic carbocycles. The first-order valence-corrected chi connectivity index (χ1v) is 8.70. The van der Waals surface area contributed by atoms with Crippen molar-refractivity contribution in [2.45, 2.75) is 34.2 Å². The molecule has 2 rings (SSSR count). The Kier molecular flexibility index (Phi) is 6.82. The highest BCUT2D eigenvalue weighted by molar-refractivity contribution is 5.65. The largest absolute Gasteiger partial charge is 0.497 e. The summed E-state index contributed by atoms with van der Waals surface area (Å²) >= 11 is 0. The Hall–Kier alpha value is -2.08. The maximum absolute atomic E-state index is 5.48. The van der Waals surface area contributed by atoms with Crippen LogP contribution in [0.2, 0.25) is 0 Å². The molecule has 0 saturated heterocycles. The molecule has 0 spiro atoms. The second-order valence-electron chi connectivity index (χ2n) is 7.06. The highest BCUT2D eigenvalue weighted by atomic mass is 16.5. The Morgan fingerprint density at radius 3 is 2.28 bits per heavy atom. The van der Waals surface area contributed by atoms with Gasteiger partial charge in [0.2, 0.25) is 11.7 Å². The minimum Gasteiger partial charge on any atom is -0.497 e. The average molecular weight is 347 g/mol. The monoisotopic (exact) mass is 347 g/mol. The van der Waals surface area contributed by atoms with Crippen LogP contribution < -0.4 is 9.47 Å². The van der Waals surface area contributed by atoms with E-state index in [1.165, 1.54) is 0 Å². The molecule has 0 atom stereocenters. The average Bonchev–Trinajstić information content (AvgIpc) is 3.01. The van der Waals surface area contributed by atoms with Gasteiger partial charge in [-0.15, -0.1) is 0 Å². The van der Waals surface area contributed by atoms with Crippen LogP contribution in [0, 0.1) is 11.8 Å². The highest BCUT2D eigenvalue weighted by Crippen LogP contribution is 2.31. The van der Waals surface area contributed by atoms with Crippen molar-refractivity contribution in [3.63, 3.8) is 0 Å². The topological polar surface area (TPSA) is 60.6 Å². The third kappa shape index (κ3) is 5.46. The van der Waals surface area contributed by atoms with Gasteiger partial charge in [0, 0.05) is 19.2 Å². The Balaban J connectivity index is 2.18. The van der Waals surface area contributed by atoms with Gasteiger partial charge in [0.1, 0.15) is 11.5 Å². The lowest BCUT2D eigenvalue weighted by molar-refractivity contribution is 0.186. The van der Waals surface area contributed by atoms with Crippen molar-refractivity contribution in [2.24, 2.45) is 11.8 Å². The van der Waals surface area contributed by atoms with E-state index in [-0.39, 0.29) is 0 Å². The Morgan fingerprint density at radius 1 is 1.04 bits per heavy atom. The molecule has 0 aliphatic heterocycles. The van der Waals surface area contributed by atoms with Crippen LogP contribution in [0.1, 0.15) is 33.6 Å². The van der Waals surface area contributed by atoms with Gasteiger partial charge in [0.25, 0.3) is 0 Å². The number of hydrogen-bond donors (Lipinski definition) is 0. The molecular weight excluding hydrogens is 318 g/mol. The van der Waals surface area contributed by atoms with Gasteiger partial charge in [-0.05, 0) is 24.0 Å². The van der Waals surface area contributed by atoms with E-state index in [0.29, 0.717) is 35.8 Å². The zero-order valence-corrected chi connectivity index (χ0v) is 16.1. The lowest BCUT2D eigenvalue weighted by atomic mass is 10.1. The first-order valence-electron chi connectivity index (χ1n) is 8.70. The summed E-state index contributed by atoms with van der Waals surface area (Å²) in [5.41, 5.74) is 0.789. The molecule has 0 saturated carbocycles. The van der Waals surface area contributed by atoms with E-state index in [2.05, 4.69) is 42.7 Å². The lowest BCUT2D eigenvalue weighted by Gasteiger charge is -2.24. The summed E-state index contributed by atoms with van der Waals surface area (Å²) in [4.78, 5) is 6.92. The van der Waals surface area contributed by atoms with Gasteiger partial charge in [0.15, 0.2) is 0 Å². The number of methoxy groups -OCH3 is 2. The summed E-state index contributed by atoms with van der Waals surface area (Å²) in [5.74, 6) is 3.71. The molecule has 1 aromatic carbocycles. The smallest absolute Gasteiger partial charge is 0.241 e. The molecule has 1 aromatic heterocycles. The summed E-state index contributed by atoms with van der Waals surface area (Å²) < 4.78 is 16.1. The fourth-order valence-electron chi connectivity index (χ4n) is 2.84. The molecule has 25 heavy (non-hydrogen) atoms. The van der Waals surface area contributed by atoms with Crippen LogP contribution in [0.3, 0.4) is 0 Å². The summed E-state index contributed by atoms with van der Waals surface area (Å²) in [5, 5.41) is 4.13. The SMILES string of the molecule is COc1ccc(-c2noc(CN(CC(C)C)CC(C)C)n2)c(OC)c1. The van der Waals surface area contributed by atoms with Crippen molar-refractivity contribution in [3.8, 4) is 22.9 Å². The van der Waals surface area contributed by atoms with Crippen molar-refractivity contribution in [2.75, 3.05) is 27.3 Å². The van der Waals surface area contributed by atoms with E-state index in [9.17, 15) is 0 Å². The van der Waals surface area contributed by atoms with Gasteiger partial charge in [-0.3, -0.25) is 4.90 Å². The fraction of sp³-hybridized carbons (Fsp3) is 0.579. The number of hydrogen-bond acceptors (Lipinski definition) is 6. The summed E-state index contributed by atoms with van der Waals surface area (Å²) in [6.07, 6.45) is 0. The minimum absolute atomic E-state index is 0.531. The van der Waals surface area contributed by atoms with Crippen LogP contribution in [0.4, 0.5) is 0 Å². The number of nitrogens with zero attached hydrogens (tertiary/aromatic N) is 3. The number of ether oxygens (including phenoxy) is 2. The lowest BCUT2D eigenvalue weighted by Crippen LogP contribution is -2.31. The number of aromatic nitrogens is 2. The molecule has 0 bridgehead atoms. The molecule has 0 unspecified atom stereocenters. The van der Waals surface area contributed by atoms with Gasteiger partial charge >= 0.3 is 0 Å². The first-order chi connectivity index (χ1) is 11.9. The molecule has 2 aromatic rings. The van der Waals surface area contributed by atoms with Gasteiger partial charge in [-0.25, -0.2) is 0 Å². The summed E-state index contributed by atoms with van der Waals surface area (Å²) in [7, 11) is 3.24. The van der Waals surface area contributed by atoms with E-state index in [0.717, 1.165) is 24.4 Å². The van der Waals surface area contributed by atoms with Gasteiger partial charge in [0.05, 0.1) is 26.3 Å². The van der Waals surface area contributed by atoms with Crippen molar-refractivity contribution >= 4 is 0 Å². The summed E-state index contributed by atoms with van der Waals surface area (Å²) in [6, 6.07) is 5.55. The predicted molar refractivity (Wildman–Crippen MR) is 97.8 cm³/mol. The quantitative estimate of drug-likeness (QED) is 0.686.